The summed E-state index contributed by atoms with van der Waals surface area (Å²) in [6.45, 7) is 0. The van der Waals surface area contributed by atoms with E-state index in [1.165, 1.54) is 4.90 Å². The maximum absolute atomic E-state index is 13.9. The third-order valence-corrected chi connectivity index (χ3v) is 7.04. The maximum atomic E-state index is 13.9. The molecule has 7 heteroatoms. The number of nitrogens with zero attached hydrogens (tertiary/aromatic N) is 1. The Morgan fingerprint density at radius 1 is 1.00 bits per heavy atom. The maximum Gasteiger partial charge on any atom is 0.356 e. The quantitative estimate of drug-likeness (QED) is 0.646. The number of carboxylic acid groups (broad SMARTS) is 1. The molecule has 4 rings (SSSR count). The molecule has 0 aromatic heterocycles. The first-order chi connectivity index (χ1) is 12.5. The second-order valence-corrected chi connectivity index (χ2v) is 8.53. The number of hydrogen-bond donors (Lipinski definition) is 1. The standard InChI is InChI=1S/C19H16NO5P/c21-17-12-13-11-16(18(19(22)23)20(13)17)25-26(24,14-7-3-1-4-8-14)15-9-5-2-6-10-15/h1-10,13H,11-12H2,(H,22,23)/t13-/m1/s1. The van der Waals surface area contributed by atoms with Gasteiger partial charge in [0.05, 0.1) is 16.7 Å². The van der Waals surface area contributed by atoms with Crippen LogP contribution in [0.4, 0.5) is 0 Å². The molecule has 1 saturated heterocycles. The van der Waals surface area contributed by atoms with Gasteiger partial charge in [-0.2, -0.15) is 0 Å². The molecule has 0 saturated carbocycles. The lowest BCUT2D eigenvalue weighted by Crippen LogP contribution is -2.49. The third-order valence-electron chi connectivity index (χ3n) is 4.60. The Balaban J connectivity index is 1.82. The van der Waals surface area contributed by atoms with Crippen LogP contribution in [0.5, 0.6) is 0 Å². The van der Waals surface area contributed by atoms with Gasteiger partial charge in [0.25, 0.3) is 0 Å². The van der Waals surface area contributed by atoms with Gasteiger partial charge in [0.15, 0.2) is 5.70 Å². The highest BCUT2D eigenvalue weighted by atomic mass is 31.2. The van der Waals surface area contributed by atoms with Crippen LogP contribution in [0.1, 0.15) is 12.8 Å². The molecule has 2 aromatic carbocycles. The molecular formula is C19H16NO5P. The molecule has 2 heterocycles. The number of carbonyl (C=O) groups is 2. The lowest BCUT2D eigenvalue weighted by Gasteiger charge is -2.34. The Labute approximate surface area is 150 Å². The molecule has 0 aliphatic carbocycles. The van der Waals surface area contributed by atoms with E-state index in [1.807, 2.05) is 0 Å². The Morgan fingerprint density at radius 2 is 1.54 bits per heavy atom. The summed E-state index contributed by atoms with van der Waals surface area (Å²) in [6.07, 6.45) is 0.543. The van der Waals surface area contributed by atoms with E-state index >= 15 is 0 Å². The van der Waals surface area contributed by atoms with Crippen LogP contribution in [0.25, 0.3) is 0 Å². The number of carbonyl (C=O) groups excluding carboxylic acids is 1. The molecule has 26 heavy (non-hydrogen) atoms. The Hall–Kier alpha value is -2.85. The summed E-state index contributed by atoms with van der Waals surface area (Å²) < 4.78 is 19.8. The van der Waals surface area contributed by atoms with Gasteiger partial charge in [-0.3, -0.25) is 14.3 Å². The lowest BCUT2D eigenvalue weighted by atomic mass is 10.0. The third kappa shape index (κ3) is 2.54. The molecule has 1 amide bonds. The molecule has 132 valence electrons. The van der Waals surface area contributed by atoms with E-state index in [2.05, 4.69) is 0 Å². The van der Waals surface area contributed by atoms with Crippen LogP contribution in [0.2, 0.25) is 0 Å². The zero-order chi connectivity index (χ0) is 18.3. The van der Waals surface area contributed by atoms with E-state index < -0.39 is 13.3 Å². The molecule has 0 bridgehead atoms. The number of fused-ring (bicyclic) bond motifs is 1. The highest BCUT2D eigenvalue weighted by molar-refractivity contribution is 7.74. The van der Waals surface area contributed by atoms with Crippen molar-refractivity contribution in [3.8, 4) is 0 Å². The highest BCUT2D eigenvalue weighted by Crippen LogP contribution is 2.51. The number of hydrogen-bond acceptors (Lipinski definition) is 4. The minimum Gasteiger partial charge on any atom is -0.476 e. The van der Waals surface area contributed by atoms with Crippen LogP contribution in [0, 0.1) is 0 Å². The van der Waals surface area contributed by atoms with Gasteiger partial charge in [0.2, 0.25) is 5.91 Å². The fourth-order valence-corrected chi connectivity index (χ4v) is 5.47. The second kappa shape index (κ2) is 6.15. The van der Waals surface area contributed by atoms with Gasteiger partial charge in [-0.25, -0.2) is 4.79 Å². The smallest absolute Gasteiger partial charge is 0.356 e. The van der Waals surface area contributed by atoms with Crippen molar-refractivity contribution in [1.82, 2.24) is 4.90 Å². The van der Waals surface area contributed by atoms with E-state index in [1.54, 1.807) is 60.7 Å². The van der Waals surface area contributed by atoms with Crippen molar-refractivity contribution >= 4 is 29.9 Å². The number of β-lactam (4-membered cyclic amide) rings is 1. The molecule has 0 unspecified atom stereocenters. The molecule has 0 spiro atoms. The molecule has 2 aliphatic heterocycles. The van der Waals surface area contributed by atoms with Crippen molar-refractivity contribution in [2.75, 3.05) is 0 Å². The van der Waals surface area contributed by atoms with Gasteiger partial charge >= 0.3 is 13.3 Å². The molecule has 1 fully saturated rings. The van der Waals surface area contributed by atoms with Crippen molar-refractivity contribution < 1.29 is 23.8 Å². The minimum atomic E-state index is -3.55. The van der Waals surface area contributed by atoms with Crippen LogP contribution in [-0.2, 0) is 18.7 Å². The fourth-order valence-electron chi connectivity index (χ4n) is 3.36. The summed E-state index contributed by atoms with van der Waals surface area (Å²) >= 11 is 0. The Morgan fingerprint density at radius 3 is 2.00 bits per heavy atom. The van der Waals surface area contributed by atoms with Crippen molar-refractivity contribution in [3.05, 3.63) is 72.1 Å². The van der Waals surface area contributed by atoms with Gasteiger partial charge in [-0.1, -0.05) is 36.4 Å². The summed E-state index contributed by atoms with van der Waals surface area (Å²) in [5.74, 6) is -1.40. The SMILES string of the molecule is O=C(O)C1=C(OP(=O)(c2ccccc2)c2ccccc2)C[C@@H]2CC(=O)N12. The predicted octanol–water partition coefficient (Wildman–Crippen LogP) is 2.23. The molecule has 6 nitrogen and oxygen atoms in total. The monoisotopic (exact) mass is 369 g/mol. The van der Waals surface area contributed by atoms with Gasteiger partial charge in [-0.15, -0.1) is 0 Å². The molecule has 1 N–H and O–H groups in total. The molecule has 0 radical (unpaired) electrons. The second-order valence-electron chi connectivity index (χ2n) is 6.22. The summed E-state index contributed by atoms with van der Waals surface area (Å²) in [4.78, 5) is 24.7. The molecule has 2 aliphatic rings. The van der Waals surface area contributed by atoms with E-state index in [0.717, 1.165) is 0 Å². The van der Waals surface area contributed by atoms with E-state index in [0.29, 0.717) is 10.6 Å². The van der Waals surface area contributed by atoms with Crippen LogP contribution in [0.3, 0.4) is 0 Å². The summed E-state index contributed by atoms with van der Waals surface area (Å²) in [7, 11) is -3.55. The number of benzene rings is 2. The largest absolute Gasteiger partial charge is 0.476 e. The van der Waals surface area contributed by atoms with E-state index in [4.69, 9.17) is 4.52 Å². The summed E-state index contributed by atoms with van der Waals surface area (Å²) in [5.41, 5.74) is -0.196. The number of rotatable bonds is 5. The van der Waals surface area contributed by atoms with Gasteiger partial charge in [-0.05, 0) is 24.3 Å². The fraction of sp³-hybridized carbons (Fsp3) is 0.158. The average Bonchev–Trinajstić information content (AvgIpc) is 2.95. The lowest BCUT2D eigenvalue weighted by molar-refractivity contribution is -0.147. The average molecular weight is 369 g/mol. The zero-order valence-corrected chi connectivity index (χ0v) is 14.6. The van der Waals surface area contributed by atoms with Gasteiger partial charge < -0.3 is 9.63 Å². The molecule has 1 atom stereocenters. The summed E-state index contributed by atoms with van der Waals surface area (Å²) in [6, 6.07) is 17.2. The van der Waals surface area contributed by atoms with Crippen molar-refractivity contribution in [2.24, 2.45) is 0 Å². The number of aliphatic carboxylic acids is 1. The van der Waals surface area contributed by atoms with Crippen LogP contribution in [-0.4, -0.2) is 27.9 Å². The number of amides is 1. The van der Waals surface area contributed by atoms with Crippen molar-refractivity contribution in [3.63, 3.8) is 0 Å². The number of carboxylic acids is 1. The topological polar surface area (TPSA) is 83.9 Å². The normalized spacial score (nSPS) is 19.2. The first-order valence-corrected chi connectivity index (χ1v) is 9.82. The van der Waals surface area contributed by atoms with Crippen LogP contribution in [0.15, 0.2) is 72.1 Å². The highest BCUT2D eigenvalue weighted by Gasteiger charge is 2.50. The van der Waals surface area contributed by atoms with Crippen LogP contribution < -0.4 is 10.6 Å². The van der Waals surface area contributed by atoms with E-state index in [-0.39, 0.29) is 36.2 Å². The summed E-state index contributed by atoms with van der Waals surface area (Å²) in [5, 5.41) is 10.5. The predicted molar refractivity (Wildman–Crippen MR) is 95.4 cm³/mol. The van der Waals surface area contributed by atoms with Gasteiger partial charge in [0, 0.05) is 12.8 Å². The van der Waals surface area contributed by atoms with E-state index in [9.17, 15) is 19.3 Å². The minimum absolute atomic E-state index is 0.101. The zero-order valence-electron chi connectivity index (χ0n) is 13.7. The Kier molecular flexibility index (Phi) is 3.93. The first-order valence-electron chi connectivity index (χ1n) is 8.20. The van der Waals surface area contributed by atoms with Crippen molar-refractivity contribution in [2.45, 2.75) is 18.9 Å². The van der Waals surface area contributed by atoms with Crippen molar-refractivity contribution in [1.29, 1.82) is 0 Å². The first kappa shape index (κ1) is 16.6. The van der Waals surface area contributed by atoms with Gasteiger partial charge in [0.1, 0.15) is 5.76 Å². The molecular weight excluding hydrogens is 353 g/mol. The molecule has 2 aromatic rings. The van der Waals surface area contributed by atoms with Crippen LogP contribution >= 0.6 is 7.37 Å². The Bertz CT molecular complexity index is 911.